The van der Waals surface area contributed by atoms with E-state index in [1.165, 1.54) is 4.88 Å². The molecule has 5 nitrogen and oxygen atoms in total. The maximum Gasteiger partial charge on any atom is 0.231 e. The van der Waals surface area contributed by atoms with E-state index >= 15 is 0 Å². The van der Waals surface area contributed by atoms with Crippen LogP contribution in [0, 0.1) is 0 Å². The second-order valence-electron chi connectivity index (χ2n) is 6.45. The van der Waals surface area contributed by atoms with Gasteiger partial charge in [0.25, 0.3) is 0 Å². The summed E-state index contributed by atoms with van der Waals surface area (Å²) in [5.74, 6) is 1.05. The van der Waals surface area contributed by atoms with Crippen LogP contribution in [0.15, 0.2) is 40.3 Å². The summed E-state index contributed by atoms with van der Waals surface area (Å²) in [6.45, 7) is 3.74. The quantitative estimate of drug-likeness (QED) is 0.873. The molecule has 2 aromatic rings. The van der Waals surface area contributed by atoms with Crippen molar-refractivity contribution in [2.45, 2.75) is 24.3 Å². The van der Waals surface area contributed by atoms with Crippen LogP contribution in [0.25, 0.3) is 0 Å². The maximum absolute atomic E-state index is 12.8. The average molecular weight is 346 g/mol. The molecule has 1 atom stereocenters. The van der Waals surface area contributed by atoms with Gasteiger partial charge in [0.1, 0.15) is 5.76 Å². The number of carbonyl (C=O) groups is 1. The minimum Gasteiger partial charge on any atom is -0.468 e. The topological polar surface area (TPSA) is 54.7 Å². The molecule has 128 valence electrons. The minimum atomic E-state index is -0.285. The molecule has 0 bridgehead atoms. The average Bonchev–Trinajstić information content (AvgIpc) is 3.05. The molecular formula is C18H22N2O3S. The summed E-state index contributed by atoms with van der Waals surface area (Å²) in [5, 5.41) is 5.23. The highest BCUT2D eigenvalue weighted by atomic mass is 32.1. The molecule has 24 heavy (non-hydrogen) atoms. The number of carbonyl (C=O) groups excluding carboxylic acids is 1. The molecule has 0 spiro atoms. The second-order valence-corrected chi connectivity index (χ2v) is 7.40. The number of thiophene rings is 1. The number of nitrogens with zero attached hydrogens (tertiary/aromatic N) is 1. The summed E-state index contributed by atoms with van der Waals surface area (Å²) in [7, 11) is 0. The molecule has 1 saturated heterocycles. The van der Waals surface area contributed by atoms with Crippen molar-refractivity contribution in [3.05, 3.63) is 46.5 Å². The summed E-state index contributed by atoms with van der Waals surface area (Å²) >= 11 is 1.67. The van der Waals surface area contributed by atoms with E-state index in [1.54, 1.807) is 17.6 Å². The molecule has 1 saturated carbocycles. The number of rotatable bonds is 6. The van der Waals surface area contributed by atoms with Gasteiger partial charge in [-0.2, -0.15) is 0 Å². The monoisotopic (exact) mass is 346 g/mol. The van der Waals surface area contributed by atoms with Gasteiger partial charge in [-0.25, -0.2) is 0 Å². The van der Waals surface area contributed by atoms with Crippen LogP contribution in [0.2, 0.25) is 0 Å². The Kier molecular flexibility index (Phi) is 4.43. The first-order valence-electron chi connectivity index (χ1n) is 8.47. The van der Waals surface area contributed by atoms with Crippen LogP contribution in [-0.4, -0.2) is 43.7 Å². The Bertz CT molecular complexity index is 659. The number of ether oxygens (including phenoxy) is 1. The summed E-state index contributed by atoms with van der Waals surface area (Å²) in [4.78, 5) is 16.3. The predicted octanol–water partition coefficient (Wildman–Crippen LogP) is 2.56. The zero-order valence-corrected chi connectivity index (χ0v) is 14.4. The fourth-order valence-electron chi connectivity index (χ4n) is 3.40. The van der Waals surface area contributed by atoms with E-state index < -0.39 is 0 Å². The summed E-state index contributed by atoms with van der Waals surface area (Å²) < 4.78 is 11.1. The van der Waals surface area contributed by atoms with Crippen molar-refractivity contribution in [3.8, 4) is 0 Å². The van der Waals surface area contributed by atoms with Crippen LogP contribution in [0.1, 0.15) is 29.5 Å². The van der Waals surface area contributed by atoms with Gasteiger partial charge in [0.15, 0.2) is 0 Å². The van der Waals surface area contributed by atoms with Gasteiger partial charge < -0.3 is 14.5 Å². The predicted molar refractivity (Wildman–Crippen MR) is 92.1 cm³/mol. The summed E-state index contributed by atoms with van der Waals surface area (Å²) in [5.41, 5.74) is -0.285. The number of hydrogen-bond donors (Lipinski definition) is 1. The van der Waals surface area contributed by atoms with Crippen molar-refractivity contribution in [2.75, 3.05) is 32.8 Å². The third-order valence-electron chi connectivity index (χ3n) is 4.99. The van der Waals surface area contributed by atoms with Crippen LogP contribution in [0.4, 0.5) is 0 Å². The van der Waals surface area contributed by atoms with E-state index in [-0.39, 0.29) is 17.4 Å². The lowest BCUT2D eigenvalue weighted by Crippen LogP contribution is -2.45. The Morgan fingerprint density at radius 2 is 2.12 bits per heavy atom. The lowest BCUT2D eigenvalue weighted by molar-refractivity contribution is -0.123. The number of furan rings is 1. The molecule has 0 aromatic carbocycles. The van der Waals surface area contributed by atoms with Crippen LogP contribution in [0.5, 0.6) is 0 Å². The second kappa shape index (κ2) is 6.70. The van der Waals surface area contributed by atoms with Crippen molar-refractivity contribution in [1.82, 2.24) is 10.2 Å². The van der Waals surface area contributed by atoms with Gasteiger partial charge in [-0.05, 0) is 36.4 Å². The largest absolute Gasteiger partial charge is 0.468 e. The SMILES string of the molecule is O=C(NCC(c1ccco1)N1CCOCC1)C1(c2cccs2)CC1. The summed E-state index contributed by atoms with van der Waals surface area (Å²) in [6.07, 6.45) is 3.59. The van der Waals surface area contributed by atoms with E-state index in [1.807, 2.05) is 23.6 Å². The number of amides is 1. The van der Waals surface area contributed by atoms with Crippen molar-refractivity contribution in [3.63, 3.8) is 0 Å². The Balaban J connectivity index is 1.44. The molecule has 2 aliphatic rings. The fourth-order valence-corrected chi connectivity index (χ4v) is 4.38. The standard InChI is InChI=1S/C18H22N2O3S/c21-17(18(5-6-18)16-4-2-12-24-16)19-13-14(15-3-1-9-23-15)20-7-10-22-11-8-20/h1-4,9,12,14H,5-8,10-11,13H2,(H,19,21). The molecule has 4 rings (SSSR count). The Morgan fingerprint density at radius 1 is 1.29 bits per heavy atom. The Labute approximate surface area is 145 Å². The first kappa shape index (κ1) is 15.9. The van der Waals surface area contributed by atoms with Crippen molar-refractivity contribution in [2.24, 2.45) is 0 Å². The van der Waals surface area contributed by atoms with E-state index in [2.05, 4.69) is 16.3 Å². The van der Waals surface area contributed by atoms with Crippen molar-refractivity contribution >= 4 is 17.2 Å². The highest BCUT2D eigenvalue weighted by molar-refractivity contribution is 7.10. The smallest absolute Gasteiger partial charge is 0.231 e. The molecule has 1 aliphatic carbocycles. The van der Waals surface area contributed by atoms with E-state index in [0.717, 1.165) is 44.9 Å². The first-order chi connectivity index (χ1) is 11.8. The van der Waals surface area contributed by atoms with Crippen LogP contribution in [0.3, 0.4) is 0 Å². The molecule has 3 heterocycles. The molecular weight excluding hydrogens is 324 g/mol. The molecule has 1 amide bonds. The molecule has 2 aromatic heterocycles. The third kappa shape index (κ3) is 3.01. The first-order valence-corrected chi connectivity index (χ1v) is 9.35. The van der Waals surface area contributed by atoms with Crippen molar-refractivity contribution in [1.29, 1.82) is 0 Å². The molecule has 1 unspecified atom stereocenters. The van der Waals surface area contributed by atoms with E-state index in [4.69, 9.17) is 9.15 Å². The molecule has 1 aliphatic heterocycles. The van der Waals surface area contributed by atoms with Gasteiger partial charge in [0.05, 0.1) is 30.9 Å². The van der Waals surface area contributed by atoms with E-state index in [9.17, 15) is 4.79 Å². The van der Waals surface area contributed by atoms with Gasteiger partial charge in [-0.15, -0.1) is 11.3 Å². The number of hydrogen-bond acceptors (Lipinski definition) is 5. The maximum atomic E-state index is 12.8. The van der Waals surface area contributed by atoms with Crippen LogP contribution in [-0.2, 0) is 14.9 Å². The third-order valence-corrected chi connectivity index (χ3v) is 6.07. The Hall–Kier alpha value is -1.63. The van der Waals surface area contributed by atoms with Gasteiger partial charge in [-0.3, -0.25) is 9.69 Å². The summed E-state index contributed by atoms with van der Waals surface area (Å²) in [6, 6.07) is 8.04. The van der Waals surface area contributed by atoms with Gasteiger partial charge in [0.2, 0.25) is 5.91 Å². The molecule has 0 radical (unpaired) electrons. The van der Waals surface area contributed by atoms with Gasteiger partial charge in [0, 0.05) is 24.5 Å². The Morgan fingerprint density at radius 3 is 2.75 bits per heavy atom. The normalized spacial score (nSPS) is 21.3. The van der Waals surface area contributed by atoms with Crippen molar-refractivity contribution < 1.29 is 13.9 Å². The lowest BCUT2D eigenvalue weighted by Gasteiger charge is -2.33. The lowest BCUT2D eigenvalue weighted by atomic mass is 10.0. The van der Waals surface area contributed by atoms with Crippen LogP contribution >= 0.6 is 11.3 Å². The molecule has 1 N–H and O–H groups in total. The highest BCUT2D eigenvalue weighted by Crippen LogP contribution is 2.50. The minimum absolute atomic E-state index is 0.0620. The highest BCUT2D eigenvalue weighted by Gasteiger charge is 2.52. The van der Waals surface area contributed by atoms with Crippen LogP contribution < -0.4 is 5.32 Å². The van der Waals surface area contributed by atoms with Gasteiger partial charge in [-0.1, -0.05) is 6.07 Å². The van der Waals surface area contributed by atoms with Gasteiger partial charge >= 0.3 is 0 Å². The zero-order valence-electron chi connectivity index (χ0n) is 13.6. The number of morpholine rings is 1. The molecule has 2 fully saturated rings. The molecule has 6 heteroatoms. The number of nitrogens with one attached hydrogen (secondary N) is 1. The fraction of sp³-hybridized carbons (Fsp3) is 0.500. The zero-order chi connectivity index (χ0) is 16.4. The van der Waals surface area contributed by atoms with E-state index in [0.29, 0.717) is 6.54 Å².